The smallest absolute Gasteiger partial charge is 0.243 e. The minimum Gasteiger partial charge on any atom is -0.392 e. The van der Waals surface area contributed by atoms with Gasteiger partial charge in [0, 0.05) is 23.3 Å². The Balaban J connectivity index is 1.72. The summed E-state index contributed by atoms with van der Waals surface area (Å²) in [5.74, 6) is 3.76. The first kappa shape index (κ1) is 12.8. The van der Waals surface area contributed by atoms with E-state index >= 15 is 0 Å². The van der Waals surface area contributed by atoms with Crippen LogP contribution >= 0.6 is 23.5 Å². The van der Waals surface area contributed by atoms with E-state index in [1.807, 2.05) is 23.5 Å². The standard InChI is InChI=1S/C11H17N3O2S2/c1-6-9(18-3-2-17-6)10-13-11(16-14-10)8-4-7(15)5-12-8/h6-9,12,15H,2-5H2,1H3. The van der Waals surface area contributed by atoms with Gasteiger partial charge in [0.15, 0.2) is 5.82 Å². The highest BCUT2D eigenvalue weighted by molar-refractivity contribution is 8.06. The molecule has 0 spiro atoms. The van der Waals surface area contributed by atoms with Crippen LogP contribution in [-0.2, 0) is 0 Å². The Bertz CT molecular complexity index is 415. The Labute approximate surface area is 114 Å². The third-order valence-electron chi connectivity index (χ3n) is 3.31. The molecule has 3 rings (SSSR count). The van der Waals surface area contributed by atoms with Crippen molar-refractivity contribution in [1.82, 2.24) is 15.5 Å². The van der Waals surface area contributed by atoms with Gasteiger partial charge < -0.3 is 14.9 Å². The van der Waals surface area contributed by atoms with E-state index in [0.717, 1.165) is 11.6 Å². The molecule has 1 aromatic rings. The van der Waals surface area contributed by atoms with Crippen molar-refractivity contribution < 1.29 is 9.63 Å². The summed E-state index contributed by atoms with van der Waals surface area (Å²) in [5, 5.41) is 17.7. The van der Waals surface area contributed by atoms with Crippen LogP contribution < -0.4 is 5.32 Å². The van der Waals surface area contributed by atoms with Crippen LogP contribution in [-0.4, -0.2) is 44.7 Å². The maximum Gasteiger partial charge on any atom is 0.243 e. The fraction of sp³-hybridized carbons (Fsp3) is 0.818. The van der Waals surface area contributed by atoms with Crippen molar-refractivity contribution in [3.63, 3.8) is 0 Å². The molecule has 2 aliphatic heterocycles. The number of nitrogens with zero attached hydrogens (tertiary/aromatic N) is 2. The number of hydrogen-bond donors (Lipinski definition) is 2. The van der Waals surface area contributed by atoms with E-state index in [-0.39, 0.29) is 12.1 Å². The van der Waals surface area contributed by atoms with E-state index in [1.165, 1.54) is 5.75 Å². The van der Waals surface area contributed by atoms with Gasteiger partial charge in [-0.1, -0.05) is 12.1 Å². The molecule has 0 amide bonds. The summed E-state index contributed by atoms with van der Waals surface area (Å²) >= 11 is 3.87. The van der Waals surface area contributed by atoms with Crippen LogP contribution in [0.3, 0.4) is 0 Å². The molecule has 100 valence electrons. The second-order valence-electron chi connectivity index (χ2n) is 4.71. The molecule has 7 heteroatoms. The van der Waals surface area contributed by atoms with Crippen LogP contribution in [0.5, 0.6) is 0 Å². The maximum atomic E-state index is 9.50. The number of rotatable bonds is 2. The summed E-state index contributed by atoms with van der Waals surface area (Å²) in [6.07, 6.45) is 0.355. The fourth-order valence-corrected chi connectivity index (χ4v) is 5.01. The Kier molecular flexibility index (Phi) is 3.83. The Morgan fingerprint density at radius 2 is 2.22 bits per heavy atom. The highest BCUT2D eigenvalue weighted by Crippen LogP contribution is 2.41. The summed E-state index contributed by atoms with van der Waals surface area (Å²) in [6, 6.07) is 0.0119. The fourth-order valence-electron chi connectivity index (χ4n) is 2.33. The second-order valence-corrected chi connectivity index (χ2v) is 7.44. The monoisotopic (exact) mass is 287 g/mol. The molecule has 4 unspecified atom stereocenters. The molecule has 5 nitrogen and oxygen atoms in total. The van der Waals surface area contributed by atoms with Crippen molar-refractivity contribution in [3.05, 3.63) is 11.7 Å². The van der Waals surface area contributed by atoms with Gasteiger partial charge >= 0.3 is 0 Å². The number of hydrogen-bond acceptors (Lipinski definition) is 7. The van der Waals surface area contributed by atoms with Gasteiger partial charge in [-0.05, 0) is 6.42 Å². The molecular formula is C11H17N3O2S2. The molecule has 2 saturated heterocycles. The SMILES string of the molecule is CC1SCCSC1c1noc(C2CC(O)CN2)n1. The van der Waals surface area contributed by atoms with Gasteiger partial charge in [-0.15, -0.1) is 11.8 Å². The van der Waals surface area contributed by atoms with Crippen LogP contribution in [0.15, 0.2) is 4.52 Å². The number of thioether (sulfide) groups is 2. The molecule has 3 heterocycles. The van der Waals surface area contributed by atoms with Crippen LogP contribution in [0, 0.1) is 0 Å². The predicted octanol–water partition coefficient (Wildman–Crippen LogP) is 1.37. The first-order chi connectivity index (χ1) is 8.74. The highest BCUT2D eigenvalue weighted by atomic mass is 32.2. The summed E-state index contributed by atoms with van der Waals surface area (Å²) in [4.78, 5) is 4.52. The van der Waals surface area contributed by atoms with E-state index in [0.29, 0.717) is 29.4 Å². The molecule has 0 radical (unpaired) electrons. The largest absolute Gasteiger partial charge is 0.392 e. The molecule has 0 aromatic carbocycles. The number of aliphatic hydroxyl groups is 1. The van der Waals surface area contributed by atoms with Gasteiger partial charge in [-0.2, -0.15) is 16.7 Å². The molecule has 2 aliphatic rings. The predicted molar refractivity (Wildman–Crippen MR) is 72.8 cm³/mol. The van der Waals surface area contributed by atoms with Crippen molar-refractivity contribution in [3.8, 4) is 0 Å². The van der Waals surface area contributed by atoms with Crippen molar-refractivity contribution in [1.29, 1.82) is 0 Å². The topological polar surface area (TPSA) is 71.2 Å². The number of aromatic nitrogens is 2. The lowest BCUT2D eigenvalue weighted by Crippen LogP contribution is -2.17. The van der Waals surface area contributed by atoms with E-state index in [2.05, 4.69) is 22.4 Å². The first-order valence-corrected chi connectivity index (χ1v) is 8.32. The van der Waals surface area contributed by atoms with Gasteiger partial charge in [-0.3, -0.25) is 0 Å². The molecule has 0 saturated carbocycles. The van der Waals surface area contributed by atoms with E-state index in [1.54, 1.807) is 0 Å². The molecule has 0 aliphatic carbocycles. The summed E-state index contributed by atoms with van der Waals surface area (Å²) in [6.45, 7) is 2.82. The van der Waals surface area contributed by atoms with E-state index in [4.69, 9.17) is 4.52 Å². The molecule has 2 N–H and O–H groups in total. The van der Waals surface area contributed by atoms with Crippen molar-refractivity contribution >= 4 is 23.5 Å². The number of aliphatic hydroxyl groups excluding tert-OH is 1. The third-order valence-corrected chi connectivity index (χ3v) is 6.39. The third kappa shape index (κ3) is 2.54. The van der Waals surface area contributed by atoms with Gasteiger partial charge in [0.2, 0.25) is 5.89 Å². The van der Waals surface area contributed by atoms with Crippen LogP contribution in [0.4, 0.5) is 0 Å². The van der Waals surface area contributed by atoms with Crippen molar-refractivity contribution in [2.75, 3.05) is 18.1 Å². The first-order valence-electron chi connectivity index (χ1n) is 6.22. The summed E-state index contributed by atoms with van der Waals surface area (Å²) in [7, 11) is 0. The van der Waals surface area contributed by atoms with Crippen molar-refractivity contribution in [2.45, 2.75) is 36.0 Å². The van der Waals surface area contributed by atoms with Gasteiger partial charge in [0.05, 0.1) is 17.4 Å². The minimum absolute atomic E-state index is 0.0119. The van der Waals surface area contributed by atoms with E-state index in [9.17, 15) is 5.11 Å². The van der Waals surface area contributed by atoms with Crippen LogP contribution in [0.1, 0.15) is 36.4 Å². The summed E-state index contributed by atoms with van der Waals surface area (Å²) in [5.41, 5.74) is 0. The van der Waals surface area contributed by atoms with Crippen LogP contribution in [0.2, 0.25) is 0 Å². The second kappa shape index (κ2) is 5.40. The maximum absolute atomic E-state index is 9.50. The minimum atomic E-state index is -0.302. The molecule has 0 bridgehead atoms. The van der Waals surface area contributed by atoms with Crippen LogP contribution in [0.25, 0.3) is 0 Å². The number of β-amino-alcohol motifs (C(OH)–C–C–N with tert-alkyl or cyclic N) is 1. The zero-order valence-corrected chi connectivity index (χ0v) is 11.8. The lowest BCUT2D eigenvalue weighted by atomic mass is 10.2. The van der Waals surface area contributed by atoms with Crippen molar-refractivity contribution in [2.24, 2.45) is 0 Å². The molecular weight excluding hydrogens is 270 g/mol. The summed E-state index contributed by atoms with van der Waals surface area (Å²) < 4.78 is 5.34. The highest BCUT2D eigenvalue weighted by Gasteiger charge is 2.32. The lowest BCUT2D eigenvalue weighted by Gasteiger charge is -2.24. The molecule has 2 fully saturated rings. The average molecular weight is 287 g/mol. The Hall–Kier alpha value is -0.240. The normalized spacial score (nSPS) is 37.0. The average Bonchev–Trinajstić information content (AvgIpc) is 2.98. The van der Waals surface area contributed by atoms with Gasteiger partial charge in [0.1, 0.15) is 0 Å². The zero-order valence-electron chi connectivity index (χ0n) is 10.2. The van der Waals surface area contributed by atoms with E-state index < -0.39 is 0 Å². The lowest BCUT2D eigenvalue weighted by molar-refractivity contribution is 0.191. The molecule has 1 aromatic heterocycles. The quantitative estimate of drug-likeness (QED) is 0.851. The van der Waals surface area contributed by atoms with Gasteiger partial charge in [-0.25, -0.2) is 0 Å². The molecule has 18 heavy (non-hydrogen) atoms. The Morgan fingerprint density at radius 1 is 1.39 bits per heavy atom. The molecule has 4 atom stereocenters. The number of nitrogens with one attached hydrogen (secondary N) is 1. The zero-order chi connectivity index (χ0) is 12.5. The Morgan fingerprint density at radius 3 is 2.94 bits per heavy atom. The van der Waals surface area contributed by atoms with Gasteiger partial charge in [0.25, 0.3) is 0 Å².